The van der Waals surface area contributed by atoms with Crippen LogP contribution in [-0.4, -0.2) is 39.2 Å². The van der Waals surface area contributed by atoms with Crippen LogP contribution in [0.15, 0.2) is 47.5 Å². The summed E-state index contributed by atoms with van der Waals surface area (Å²) in [6.45, 7) is 3.96. The minimum atomic E-state index is -0.487. The third kappa shape index (κ3) is 4.18. The molecule has 6 nitrogen and oxygen atoms in total. The summed E-state index contributed by atoms with van der Waals surface area (Å²) < 4.78 is 1.05. The van der Waals surface area contributed by atoms with Gasteiger partial charge in [-0.05, 0) is 37.6 Å². The number of amides is 2. The molecule has 2 heterocycles. The lowest BCUT2D eigenvalue weighted by Gasteiger charge is -2.11. The fourth-order valence-corrected chi connectivity index (χ4v) is 5.14. The SMILES string of the molecule is Cc1ccc(NC(=O)C[C@@H]2SC(=Nc3nc4ccccc4s3)N(C)C2=O)c(C)c1. The van der Waals surface area contributed by atoms with Crippen LogP contribution < -0.4 is 5.32 Å². The zero-order valence-electron chi connectivity index (χ0n) is 16.3. The molecule has 0 unspecified atom stereocenters. The van der Waals surface area contributed by atoms with Crippen LogP contribution >= 0.6 is 23.1 Å². The number of fused-ring (bicyclic) bond motifs is 1. The number of aromatic nitrogens is 1. The van der Waals surface area contributed by atoms with Crippen LogP contribution in [0, 0.1) is 13.8 Å². The van der Waals surface area contributed by atoms with Crippen molar-refractivity contribution in [1.29, 1.82) is 0 Å². The van der Waals surface area contributed by atoms with Gasteiger partial charge in [-0.1, -0.05) is 52.9 Å². The molecule has 1 fully saturated rings. The smallest absolute Gasteiger partial charge is 0.242 e. The first-order valence-electron chi connectivity index (χ1n) is 9.16. The van der Waals surface area contributed by atoms with Gasteiger partial charge in [0.15, 0.2) is 5.17 Å². The number of hydrogen-bond donors (Lipinski definition) is 1. The number of thiazole rings is 1. The van der Waals surface area contributed by atoms with Crippen molar-refractivity contribution in [2.45, 2.75) is 25.5 Å². The molecule has 1 aromatic heterocycles. The molecule has 1 aliphatic rings. The van der Waals surface area contributed by atoms with Crippen molar-refractivity contribution in [3.8, 4) is 0 Å². The van der Waals surface area contributed by atoms with E-state index in [4.69, 9.17) is 0 Å². The number of thioether (sulfide) groups is 1. The fourth-order valence-electron chi connectivity index (χ4n) is 3.11. The Hall–Kier alpha value is -2.71. The molecule has 0 radical (unpaired) electrons. The van der Waals surface area contributed by atoms with Crippen LogP contribution in [0.1, 0.15) is 17.5 Å². The highest BCUT2D eigenvalue weighted by atomic mass is 32.2. The molecular weight excluding hydrogens is 404 g/mol. The third-order valence-electron chi connectivity index (χ3n) is 4.64. The zero-order chi connectivity index (χ0) is 20.5. The molecule has 2 amide bonds. The number of nitrogens with zero attached hydrogens (tertiary/aromatic N) is 3. The van der Waals surface area contributed by atoms with Gasteiger partial charge in [0.1, 0.15) is 5.25 Å². The van der Waals surface area contributed by atoms with Crippen molar-refractivity contribution in [3.05, 3.63) is 53.6 Å². The van der Waals surface area contributed by atoms with Gasteiger partial charge in [-0.2, -0.15) is 4.99 Å². The van der Waals surface area contributed by atoms with E-state index in [-0.39, 0.29) is 18.2 Å². The molecule has 0 spiro atoms. The second-order valence-electron chi connectivity index (χ2n) is 6.93. The number of nitrogens with one attached hydrogen (secondary N) is 1. The minimum absolute atomic E-state index is 0.0972. The van der Waals surface area contributed by atoms with Gasteiger partial charge < -0.3 is 5.32 Å². The number of hydrogen-bond acceptors (Lipinski definition) is 6. The molecule has 1 N–H and O–H groups in total. The average Bonchev–Trinajstić information content (AvgIpc) is 3.20. The summed E-state index contributed by atoms with van der Waals surface area (Å²) in [5, 5.41) is 3.59. The van der Waals surface area contributed by atoms with E-state index < -0.39 is 5.25 Å². The molecular formula is C21H20N4O2S2. The van der Waals surface area contributed by atoms with Gasteiger partial charge in [-0.25, -0.2) is 4.98 Å². The van der Waals surface area contributed by atoms with Crippen molar-refractivity contribution >= 4 is 61.1 Å². The van der Waals surface area contributed by atoms with E-state index in [1.165, 1.54) is 28.0 Å². The molecule has 3 aromatic rings. The number of amidine groups is 1. The number of para-hydroxylation sites is 1. The van der Waals surface area contributed by atoms with E-state index in [9.17, 15) is 9.59 Å². The van der Waals surface area contributed by atoms with Crippen LogP contribution in [0.3, 0.4) is 0 Å². The standard InChI is InChI=1S/C21H20N4O2S2/c1-12-8-9-14(13(2)10-12)22-18(26)11-17-19(27)25(3)21(29-17)24-20-23-15-6-4-5-7-16(15)28-20/h4-10,17H,11H2,1-3H3,(H,22,26)/t17-/m0/s1. The molecule has 148 valence electrons. The first-order valence-corrected chi connectivity index (χ1v) is 10.9. The monoisotopic (exact) mass is 424 g/mol. The maximum absolute atomic E-state index is 12.6. The Labute approximate surface area is 177 Å². The first kappa shape index (κ1) is 19.6. The van der Waals surface area contributed by atoms with Gasteiger partial charge in [0.2, 0.25) is 16.9 Å². The van der Waals surface area contributed by atoms with Gasteiger partial charge in [-0.3, -0.25) is 14.5 Å². The Kier molecular flexibility index (Phi) is 5.38. The maximum atomic E-state index is 12.6. The number of benzene rings is 2. The lowest BCUT2D eigenvalue weighted by atomic mass is 10.1. The first-order chi connectivity index (χ1) is 13.9. The van der Waals surface area contributed by atoms with Crippen LogP contribution in [0.25, 0.3) is 10.2 Å². The Morgan fingerprint density at radius 1 is 1.24 bits per heavy atom. The quantitative estimate of drug-likeness (QED) is 0.669. The van der Waals surface area contributed by atoms with Crippen molar-refractivity contribution in [1.82, 2.24) is 9.88 Å². The summed E-state index contributed by atoms with van der Waals surface area (Å²) in [6.07, 6.45) is 0.0972. The fraction of sp³-hybridized carbons (Fsp3) is 0.238. The molecule has 4 rings (SSSR count). The summed E-state index contributed by atoms with van der Waals surface area (Å²) in [7, 11) is 1.68. The normalized spacial score (nSPS) is 18.0. The van der Waals surface area contributed by atoms with Gasteiger partial charge in [0.05, 0.1) is 10.2 Å². The zero-order valence-corrected chi connectivity index (χ0v) is 17.9. The Balaban J connectivity index is 1.46. The topological polar surface area (TPSA) is 74.7 Å². The van der Waals surface area contributed by atoms with Crippen molar-refractivity contribution in [2.75, 3.05) is 12.4 Å². The van der Waals surface area contributed by atoms with E-state index in [0.717, 1.165) is 27.0 Å². The predicted octanol–water partition coefficient (Wildman–Crippen LogP) is 4.50. The molecule has 1 atom stereocenters. The summed E-state index contributed by atoms with van der Waals surface area (Å²) in [4.78, 5) is 35.7. The highest BCUT2D eigenvalue weighted by molar-refractivity contribution is 8.15. The second-order valence-corrected chi connectivity index (χ2v) is 9.11. The molecule has 1 saturated heterocycles. The van der Waals surface area contributed by atoms with Gasteiger partial charge in [0.25, 0.3) is 0 Å². The highest BCUT2D eigenvalue weighted by Crippen LogP contribution is 2.33. The Bertz CT molecular complexity index is 1110. The van der Waals surface area contributed by atoms with Gasteiger partial charge in [0, 0.05) is 19.2 Å². The number of rotatable bonds is 4. The van der Waals surface area contributed by atoms with Crippen molar-refractivity contribution in [2.24, 2.45) is 4.99 Å². The molecule has 2 aromatic carbocycles. The van der Waals surface area contributed by atoms with E-state index >= 15 is 0 Å². The number of aliphatic imine (C=N–C) groups is 1. The summed E-state index contributed by atoms with van der Waals surface area (Å²) >= 11 is 2.79. The minimum Gasteiger partial charge on any atom is -0.326 e. The van der Waals surface area contributed by atoms with Crippen molar-refractivity contribution in [3.63, 3.8) is 0 Å². The van der Waals surface area contributed by atoms with Crippen molar-refractivity contribution < 1.29 is 9.59 Å². The Morgan fingerprint density at radius 3 is 2.79 bits per heavy atom. The average molecular weight is 425 g/mol. The molecule has 29 heavy (non-hydrogen) atoms. The lowest BCUT2D eigenvalue weighted by Crippen LogP contribution is -2.30. The maximum Gasteiger partial charge on any atom is 0.242 e. The summed E-state index contributed by atoms with van der Waals surface area (Å²) in [6, 6.07) is 13.7. The van der Waals surface area contributed by atoms with Crippen LogP contribution in [-0.2, 0) is 9.59 Å². The molecule has 0 bridgehead atoms. The van der Waals surface area contributed by atoms with E-state index in [1.54, 1.807) is 7.05 Å². The van der Waals surface area contributed by atoms with E-state index in [2.05, 4.69) is 15.3 Å². The predicted molar refractivity (Wildman–Crippen MR) is 120 cm³/mol. The molecule has 8 heteroatoms. The largest absolute Gasteiger partial charge is 0.326 e. The highest BCUT2D eigenvalue weighted by Gasteiger charge is 2.37. The number of aryl methyl sites for hydroxylation is 2. The van der Waals surface area contributed by atoms with E-state index in [1.807, 2.05) is 56.3 Å². The molecule has 1 aliphatic heterocycles. The van der Waals surface area contributed by atoms with E-state index in [0.29, 0.717) is 10.3 Å². The summed E-state index contributed by atoms with van der Waals surface area (Å²) in [5.41, 5.74) is 3.80. The molecule has 0 saturated carbocycles. The van der Waals surface area contributed by atoms with Crippen LogP contribution in [0.2, 0.25) is 0 Å². The van der Waals surface area contributed by atoms with Gasteiger partial charge >= 0.3 is 0 Å². The lowest BCUT2D eigenvalue weighted by molar-refractivity contribution is -0.127. The molecule has 0 aliphatic carbocycles. The second kappa shape index (κ2) is 7.96. The summed E-state index contributed by atoms with van der Waals surface area (Å²) in [5.74, 6) is -0.303. The number of anilines is 1. The third-order valence-corrected chi connectivity index (χ3v) is 6.80. The van der Waals surface area contributed by atoms with Gasteiger partial charge in [-0.15, -0.1) is 0 Å². The number of carbonyl (C=O) groups is 2. The number of carbonyl (C=O) groups excluding carboxylic acids is 2. The van der Waals surface area contributed by atoms with Crippen LogP contribution in [0.4, 0.5) is 10.8 Å². The van der Waals surface area contributed by atoms with Crippen LogP contribution in [0.5, 0.6) is 0 Å². The Morgan fingerprint density at radius 2 is 2.03 bits per heavy atom.